The first kappa shape index (κ1) is 17.9. The second-order valence-corrected chi connectivity index (χ2v) is 6.90. The van der Waals surface area contributed by atoms with Gasteiger partial charge in [0.1, 0.15) is 0 Å². The van der Waals surface area contributed by atoms with Crippen molar-refractivity contribution in [3.05, 3.63) is 24.3 Å². The van der Waals surface area contributed by atoms with E-state index in [4.69, 9.17) is 23.2 Å². The molecule has 1 fully saturated rings. The molecular weight excluding hydrogens is 337 g/mol. The van der Waals surface area contributed by atoms with Crippen LogP contribution in [0.5, 0.6) is 0 Å². The van der Waals surface area contributed by atoms with E-state index in [0.717, 1.165) is 31.9 Å². The Balaban J connectivity index is 1.91. The zero-order valence-electron chi connectivity index (χ0n) is 13.3. The number of alkyl halides is 2. The summed E-state index contributed by atoms with van der Waals surface area (Å²) in [6.07, 6.45) is 0. The number of anilines is 2. The highest BCUT2D eigenvalue weighted by atomic mass is 35.5. The first-order valence-corrected chi connectivity index (χ1v) is 8.48. The number of carbonyl (C=O) groups excluding carboxylic acids is 2. The fourth-order valence-electron chi connectivity index (χ4n) is 2.50. The molecule has 0 atom stereocenters. The number of piperazine rings is 1. The third-order valence-electron chi connectivity index (χ3n) is 3.78. The number of hydrogen-bond acceptors (Lipinski definition) is 3. The van der Waals surface area contributed by atoms with Crippen LogP contribution >= 0.6 is 23.2 Å². The van der Waals surface area contributed by atoms with Crippen LogP contribution < -0.4 is 10.2 Å². The number of nitrogens with one attached hydrogen (secondary N) is 1. The average Bonchev–Trinajstić information content (AvgIpc) is 2.55. The van der Waals surface area contributed by atoms with Crippen molar-refractivity contribution in [1.29, 1.82) is 0 Å². The van der Waals surface area contributed by atoms with Crippen LogP contribution in [0.1, 0.15) is 13.8 Å². The second-order valence-electron chi connectivity index (χ2n) is 5.80. The van der Waals surface area contributed by atoms with Crippen LogP contribution in [0.15, 0.2) is 24.3 Å². The summed E-state index contributed by atoms with van der Waals surface area (Å²) >= 11 is 11.0. The molecule has 1 aliphatic rings. The average molecular weight is 358 g/mol. The first-order valence-electron chi connectivity index (χ1n) is 7.61. The van der Waals surface area contributed by atoms with E-state index in [1.165, 1.54) is 0 Å². The van der Waals surface area contributed by atoms with Crippen molar-refractivity contribution in [2.45, 2.75) is 18.7 Å². The molecule has 0 aromatic heterocycles. The molecule has 7 heteroatoms. The highest BCUT2D eigenvalue weighted by Gasteiger charge is 2.22. The van der Waals surface area contributed by atoms with Gasteiger partial charge in [-0.1, -0.05) is 37.0 Å². The number of halogens is 2. The predicted octanol–water partition coefficient (Wildman–Crippen LogP) is 2.73. The van der Waals surface area contributed by atoms with Crippen LogP contribution in [0.4, 0.5) is 11.4 Å². The third kappa shape index (κ3) is 4.75. The van der Waals surface area contributed by atoms with Crippen molar-refractivity contribution in [3.63, 3.8) is 0 Å². The van der Waals surface area contributed by atoms with E-state index in [1.807, 2.05) is 43.0 Å². The third-order valence-corrected chi connectivity index (χ3v) is 4.18. The molecule has 5 nitrogen and oxygen atoms in total. The number of benzene rings is 1. The number of hydrogen-bond donors (Lipinski definition) is 1. The quantitative estimate of drug-likeness (QED) is 0.842. The molecule has 0 saturated carbocycles. The largest absolute Gasteiger partial charge is 0.368 e. The molecule has 23 heavy (non-hydrogen) atoms. The minimum absolute atomic E-state index is 0.0390. The van der Waals surface area contributed by atoms with Gasteiger partial charge in [-0.2, -0.15) is 0 Å². The fourth-order valence-corrected chi connectivity index (χ4v) is 2.61. The molecule has 126 valence electrons. The summed E-state index contributed by atoms with van der Waals surface area (Å²) in [5, 5.41) is 2.63. The molecule has 1 aliphatic heterocycles. The van der Waals surface area contributed by atoms with Crippen molar-refractivity contribution in [3.8, 4) is 0 Å². The second kappa shape index (κ2) is 7.88. The van der Waals surface area contributed by atoms with Gasteiger partial charge in [0.05, 0.1) is 0 Å². The molecular formula is C16H21Cl2N3O2. The summed E-state index contributed by atoms with van der Waals surface area (Å²) in [6, 6.07) is 7.50. The van der Waals surface area contributed by atoms with Gasteiger partial charge in [-0.25, -0.2) is 0 Å². The van der Waals surface area contributed by atoms with Crippen LogP contribution in [0.2, 0.25) is 0 Å². The van der Waals surface area contributed by atoms with E-state index in [2.05, 4.69) is 10.2 Å². The van der Waals surface area contributed by atoms with Gasteiger partial charge in [0, 0.05) is 43.5 Å². The van der Waals surface area contributed by atoms with Gasteiger partial charge >= 0.3 is 0 Å². The Morgan fingerprint density at radius 3 is 2.09 bits per heavy atom. The van der Waals surface area contributed by atoms with Gasteiger partial charge in [0.15, 0.2) is 4.84 Å². The van der Waals surface area contributed by atoms with Gasteiger partial charge < -0.3 is 15.1 Å². The smallest absolute Gasteiger partial charge is 0.257 e. The number of carbonyl (C=O) groups is 2. The summed E-state index contributed by atoms with van der Waals surface area (Å²) in [5.41, 5.74) is 1.71. The minimum atomic E-state index is -1.08. The molecule has 1 saturated heterocycles. The van der Waals surface area contributed by atoms with Crippen LogP contribution in [0.3, 0.4) is 0 Å². The van der Waals surface area contributed by atoms with E-state index >= 15 is 0 Å². The van der Waals surface area contributed by atoms with Gasteiger partial charge in [0.2, 0.25) is 5.91 Å². The monoisotopic (exact) mass is 357 g/mol. The minimum Gasteiger partial charge on any atom is -0.368 e. The highest BCUT2D eigenvalue weighted by molar-refractivity contribution is 6.54. The lowest BCUT2D eigenvalue weighted by atomic mass is 10.1. The molecule has 2 amide bonds. The fraction of sp³-hybridized carbons (Fsp3) is 0.500. The Kier molecular flexibility index (Phi) is 6.13. The summed E-state index contributed by atoms with van der Waals surface area (Å²) in [5.74, 6) is -0.196. The van der Waals surface area contributed by atoms with E-state index in [9.17, 15) is 9.59 Å². The Morgan fingerprint density at radius 1 is 1.04 bits per heavy atom. The van der Waals surface area contributed by atoms with Crippen molar-refractivity contribution in [1.82, 2.24) is 4.90 Å². The van der Waals surface area contributed by atoms with Gasteiger partial charge in [-0.3, -0.25) is 9.59 Å². The molecule has 1 aromatic rings. The van der Waals surface area contributed by atoms with Crippen molar-refractivity contribution in [2.75, 3.05) is 36.4 Å². The van der Waals surface area contributed by atoms with Crippen molar-refractivity contribution < 1.29 is 9.59 Å². The van der Waals surface area contributed by atoms with Gasteiger partial charge in [0.25, 0.3) is 5.91 Å². The SMILES string of the molecule is CC(C)C(=O)N1CCN(c2ccc(NC(=O)C(Cl)Cl)cc2)CC1. The lowest BCUT2D eigenvalue weighted by molar-refractivity contribution is -0.134. The normalized spacial score (nSPS) is 15.2. The maximum atomic E-state index is 12.0. The van der Waals surface area contributed by atoms with E-state index in [0.29, 0.717) is 5.69 Å². The van der Waals surface area contributed by atoms with Crippen LogP contribution in [0.25, 0.3) is 0 Å². The van der Waals surface area contributed by atoms with Crippen LogP contribution in [0, 0.1) is 5.92 Å². The van der Waals surface area contributed by atoms with E-state index in [1.54, 1.807) is 0 Å². The number of amides is 2. The topological polar surface area (TPSA) is 52.7 Å². The van der Waals surface area contributed by atoms with E-state index < -0.39 is 10.7 Å². The Bertz CT molecular complexity index is 553. The Labute approximate surface area is 146 Å². The molecule has 1 heterocycles. The lowest BCUT2D eigenvalue weighted by Crippen LogP contribution is -2.49. The highest BCUT2D eigenvalue weighted by Crippen LogP contribution is 2.20. The Morgan fingerprint density at radius 2 is 1.61 bits per heavy atom. The first-order chi connectivity index (χ1) is 10.9. The molecule has 1 aromatic carbocycles. The summed E-state index contributed by atoms with van der Waals surface area (Å²) in [4.78, 5) is 26.5. The van der Waals surface area contributed by atoms with E-state index in [-0.39, 0.29) is 11.8 Å². The summed E-state index contributed by atoms with van der Waals surface area (Å²) < 4.78 is 0. The maximum absolute atomic E-state index is 12.0. The van der Waals surface area contributed by atoms with Crippen LogP contribution in [-0.2, 0) is 9.59 Å². The van der Waals surface area contributed by atoms with Crippen molar-refractivity contribution in [2.24, 2.45) is 5.92 Å². The number of nitrogens with zero attached hydrogens (tertiary/aromatic N) is 2. The molecule has 0 aliphatic carbocycles. The lowest BCUT2D eigenvalue weighted by Gasteiger charge is -2.37. The molecule has 0 unspecified atom stereocenters. The standard InChI is InChI=1S/C16H21Cl2N3O2/c1-11(2)16(23)21-9-7-20(8-10-21)13-5-3-12(4-6-13)19-15(22)14(17)18/h3-6,11,14H,7-10H2,1-2H3,(H,19,22). The zero-order valence-corrected chi connectivity index (χ0v) is 14.8. The zero-order chi connectivity index (χ0) is 17.0. The molecule has 0 spiro atoms. The maximum Gasteiger partial charge on any atom is 0.257 e. The van der Waals surface area contributed by atoms with Gasteiger partial charge in [-0.15, -0.1) is 0 Å². The number of rotatable bonds is 4. The summed E-state index contributed by atoms with van der Waals surface area (Å²) in [6.45, 7) is 6.92. The molecule has 0 bridgehead atoms. The molecule has 0 radical (unpaired) electrons. The molecule has 1 N–H and O–H groups in total. The van der Waals surface area contributed by atoms with Gasteiger partial charge in [-0.05, 0) is 24.3 Å². The van der Waals surface area contributed by atoms with Crippen LogP contribution in [-0.4, -0.2) is 47.7 Å². The predicted molar refractivity (Wildman–Crippen MR) is 94.2 cm³/mol. The molecule has 2 rings (SSSR count). The van der Waals surface area contributed by atoms with Crippen molar-refractivity contribution >= 4 is 46.4 Å². The summed E-state index contributed by atoms with van der Waals surface area (Å²) in [7, 11) is 0. The Hall–Kier alpha value is -1.46.